The molecule has 2 heterocycles. The van der Waals surface area contributed by atoms with Gasteiger partial charge in [0.1, 0.15) is 0 Å². The highest BCUT2D eigenvalue weighted by atomic mass is 35.5. The van der Waals surface area contributed by atoms with Crippen molar-refractivity contribution in [2.24, 2.45) is 0 Å². The molecule has 3 rings (SSSR count). The third kappa shape index (κ3) is 4.47. The molecular formula is C15H18Cl2N2O2S2. The van der Waals surface area contributed by atoms with Crippen LogP contribution in [0.5, 0.6) is 0 Å². The van der Waals surface area contributed by atoms with Crippen LogP contribution in [0.3, 0.4) is 0 Å². The van der Waals surface area contributed by atoms with Crippen molar-refractivity contribution in [3.8, 4) is 0 Å². The maximum absolute atomic E-state index is 12.6. The zero-order chi connectivity index (χ0) is 15.6. The van der Waals surface area contributed by atoms with E-state index < -0.39 is 10.0 Å². The normalized spacial score (nSPS) is 16.9. The van der Waals surface area contributed by atoms with Crippen LogP contribution in [-0.4, -0.2) is 43.8 Å². The van der Waals surface area contributed by atoms with Crippen molar-refractivity contribution in [3.05, 3.63) is 51.7 Å². The lowest BCUT2D eigenvalue weighted by Gasteiger charge is -2.33. The third-order valence-electron chi connectivity index (χ3n) is 3.72. The molecule has 0 aliphatic carbocycles. The van der Waals surface area contributed by atoms with E-state index >= 15 is 0 Å². The Morgan fingerprint density at radius 2 is 1.83 bits per heavy atom. The highest BCUT2D eigenvalue weighted by Gasteiger charge is 2.28. The van der Waals surface area contributed by atoms with Gasteiger partial charge < -0.3 is 0 Å². The SMILES string of the molecule is Cl.O=S(=O)(c1cccc(Cl)c1)N1CCN(Cc2cccs2)CC1. The quantitative estimate of drug-likeness (QED) is 0.800. The summed E-state index contributed by atoms with van der Waals surface area (Å²) in [7, 11) is -3.45. The topological polar surface area (TPSA) is 40.6 Å². The second kappa shape index (κ2) is 7.96. The number of rotatable bonds is 4. The minimum Gasteiger partial charge on any atom is -0.296 e. The Bertz CT molecular complexity index is 728. The fourth-order valence-corrected chi connectivity index (χ4v) is 5.00. The number of benzene rings is 1. The number of thiophene rings is 1. The summed E-state index contributed by atoms with van der Waals surface area (Å²) in [5.74, 6) is 0. The van der Waals surface area contributed by atoms with Gasteiger partial charge in [0.05, 0.1) is 4.90 Å². The Kier molecular flexibility index (Phi) is 6.48. The van der Waals surface area contributed by atoms with Crippen LogP contribution in [-0.2, 0) is 16.6 Å². The van der Waals surface area contributed by atoms with Crippen LogP contribution in [0.4, 0.5) is 0 Å². The first-order chi connectivity index (χ1) is 10.6. The van der Waals surface area contributed by atoms with Crippen molar-refractivity contribution in [2.75, 3.05) is 26.2 Å². The van der Waals surface area contributed by atoms with Crippen LogP contribution in [0.2, 0.25) is 5.02 Å². The van der Waals surface area contributed by atoms with Crippen LogP contribution < -0.4 is 0 Å². The molecule has 0 N–H and O–H groups in total. The van der Waals surface area contributed by atoms with Gasteiger partial charge in [-0.25, -0.2) is 8.42 Å². The number of nitrogens with zero attached hydrogens (tertiary/aromatic N) is 2. The predicted molar refractivity (Wildman–Crippen MR) is 97.1 cm³/mol. The summed E-state index contributed by atoms with van der Waals surface area (Å²) < 4.78 is 26.8. The molecule has 23 heavy (non-hydrogen) atoms. The molecule has 1 aromatic carbocycles. The molecule has 0 bridgehead atoms. The first-order valence-corrected chi connectivity index (χ1v) is 9.76. The Morgan fingerprint density at radius 3 is 2.43 bits per heavy atom. The van der Waals surface area contributed by atoms with E-state index in [1.165, 1.54) is 10.9 Å². The fourth-order valence-electron chi connectivity index (χ4n) is 2.53. The van der Waals surface area contributed by atoms with E-state index in [9.17, 15) is 8.42 Å². The van der Waals surface area contributed by atoms with Crippen LogP contribution in [0.1, 0.15) is 4.88 Å². The molecule has 1 aromatic heterocycles. The molecule has 4 nitrogen and oxygen atoms in total. The lowest BCUT2D eigenvalue weighted by molar-refractivity contribution is 0.183. The van der Waals surface area contributed by atoms with E-state index in [-0.39, 0.29) is 17.3 Å². The monoisotopic (exact) mass is 392 g/mol. The summed E-state index contributed by atoms with van der Waals surface area (Å²) >= 11 is 7.64. The van der Waals surface area contributed by atoms with Crippen LogP contribution in [0.25, 0.3) is 0 Å². The first-order valence-electron chi connectivity index (χ1n) is 7.06. The molecule has 1 aliphatic heterocycles. The van der Waals surface area contributed by atoms with Gasteiger partial charge in [0.15, 0.2) is 0 Å². The zero-order valence-electron chi connectivity index (χ0n) is 12.4. The molecule has 0 radical (unpaired) electrons. The van der Waals surface area contributed by atoms with Crippen LogP contribution in [0.15, 0.2) is 46.7 Å². The molecule has 2 aromatic rings. The fraction of sp³-hybridized carbons (Fsp3) is 0.333. The number of hydrogen-bond acceptors (Lipinski definition) is 4. The predicted octanol–water partition coefficient (Wildman–Crippen LogP) is 3.33. The lowest BCUT2D eigenvalue weighted by Crippen LogP contribution is -2.48. The van der Waals surface area contributed by atoms with E-state index in [0.717, 1.165) is 19.6 Å². The summed E-state index contributed by atoms with van der Waals surface area (Å²) in [6.07, 6.45) is 0. The van der Waals surface area contributed by atoms with E-state index in [0.29, 0.717) is 18.1 Å². The van der Waals surface area contributed by atoms with Crippen molar-refractivity contribution in [1.82, 2.24) is 9.21 Å². The molecule has 0 spiro atoms. The molecule has 1 saturated heterocycles. The van der Waals surface area contributed by atoms with Crippen LogP contribution >= 0.6 is 35.3 Å². The van der Waals surface area contributed by atoms with Gasteiger partial charge in [0, 0.05) is 42.6 Å². The minimum absolute atomic E-state index is 0. The van der Waals surface area contributed by atoms with Gasteiger partial charge >= 0.3 is 0 Å². The molecule has 126 valence electrons. The summed E-state index contributed by atoms with van der Waals surface area (Å²) in [5, 5.41) is 2.51. The van der Waals surface area contributed by atoms with Crippen molar-refractivity contribution >= 4 is 45.4 Å². The standard InChI is InChI=1S/C15H17ClN2O2S2.ClH/c16-13-3-1-5-15(11-13)22(19,20)18-8-6-17(7-9-18)12-14-4-2-10-21-14;/h1-5,10-11H,6-9,12H2;1H. The highest BCUT2D eigenvalue weighted by molar-refractivity contribution is 7.89. The van der Waals surface area contributed by atoms with Crippen molar-refractivity contribution < 1.29 is 8.42 Å². The average molecular weight is 393 g/mol. The smallest absolute Gasteiger partial charge is 0.243 e. The molecule has 1 fully saturated rings. The van der Waals surface area contributed by atoms with Crippen LogP contribution in [0, 0.1) is 0 Å². The van der Waals surface area contributed by atoms with Gasteiger partial charge in [-0.3, -0.25) is 4.90 Å². The average Bonchev–Trinajstić information content (AvgIpc) is 3.01. The summed E-state index contributed by atoms with van der Waals surface area (Å²) in [4.78, 5) is 3.87. The van der Waals surface area contributed by atoms with E-state index in [1.54, 1.807) is 33.8 Å². The highest BCUT2D eigenvalue weighted by Crippen LogP contribution is 2.21. The summed E-state index contributed by atoms with van der Waals surface area (Å²) in [6.45, 7) is 3.42. The third-order valence-corrected chi connectivity index (χ3v) is 6.72. The van der Waals surface area contributed by atoms with Gasteiger partial charge in [-0.05, 0) is 29.6 Å². The minimum atomic E-state index is -3.45. The molecule has 0 unspecified atom stereocenters. The lowest BCUT2D eigenvalue weighted by atomic mass is 10.3. The Labute approximate surface area is 152 Å². The Balaban J connectivity index is 0.00000192. The van der Waals surface area contributed by atoms with Gasteiger partial charge in [0.2, 0.25) is 10.0 Å². The summed E-state index contributed by atoms with van der Waals surface area (Å²) in [6, 6.07) is 10.6. The second-order valence-corrected chi connectivity index (χ2v) is 8.62. The van der Waals surface area contributed by atoms with Gasteiger partial charge in [-0.15, -0.1) is 23.7 Å². The Hall–Kier alpha value is -0.630. The number of piperazine rings is 1. The molecule has 0 amide bonds. The first kappa shape index (κ1) is 18.7. The Morgan fingerprint density at radius 1 is 1.09 bits per heavy atom. The van der Waals surface area contributed by atoms with Gasteiger partial charge in [-0.2, -0.15) is 4.31 Å². The summed E-state index contributed by atoms with van der Waals surface area (Å²) in [5.41, 5.74) is 0. The van der Waals surface area contributed by atoms with E-state index in [2.05, 4.69) is 16.3 Å². The molecule has 1 aliphatic rings. The van der Waals surface area contributed by atoms with Crippen molar-refractivity contribution in [1.29, 1.82) is 0 Å². The van der Waals surface area contributed by atoms with Gasteiger partial charge in [0.25, 0.3) is 0 Å². The molecule has 8 heteroatoms. The molecule has 0 atom stereocenters. The zero-order valence-corrected chi connectivity index (χ0v) is 15.6. The van der Waals surface area contributed by atoms with E-state index in [4.69, 9.17) is 11.6 Å². The molecule has 0 saturated carbocycles. The number of sulfonamides is 1. The number of halogens is 2. The van der Waals surface area contributed by atoms with Crippen molar-refractivity contribution in [3.63, 3.8) is 0 Å². The second-order valence-electron chi connectivity index (χ2n) is 5.22. The maximum Gasteiger partial charge on any atom is 0.243 e. The molecular weight excluding hydrogens is 375 g/mol. The van der Waals surface area contributed by atoms with Crippen molar-refractivity contribution in [2.45, 2.75) is 11.4 Å². The van der Waals surface area contributed by atoms with Gasteiger partial charge in [-0.1, -0.05) is 23.7 Å². The van der Waals surface area contributed by atoms with E-state index in [1.807, 2.05) is 6.07 Å². The largest absolute Gasteiger partial charge is 0.296 e. The maximum atomic E-state index is 12.6. The number of hydrogen-bond donors (Lipinski definition) is 0.